The molecule has 0 heterocycles. The zero-order valence-electron chi connectivity index (χ0n) is 18.8. The molecule has 2 N–H and O–H groups in total. The van der Waals surface area contributed by atoms with Gasteiger partial charge in [-0.2, -0.15) is 0 Å². The fraction of sp³-hybridized carbons (Fsp3) is 0.750. The van der Waals surface area contributed by atoms with E-state index in [9.17, 15) is 10.2 Å². The van der Waals surface area contributed by atoms with Crippen LogP contribution in [-0.4, -0.2) is 16.3 Å². The van der Waals surface area contributed by atoms with Crippen LogP contribution in [0, 0.1) is 30.1 Å². The van der Waals surface area contributed by atoms with Gasteiger partial charge in [-0.3, -0.25) is 0 Å². The van der Waals surface area contributed by atoms with Crippen molar-refractivity contribution in [3.8, 4) is 5.75 Å². The second-order valence-electron chi connectivity index (χ2n) is 10.7. The van der Waals surface area contributed by atoms with Crippen LogP contribution in [0.5, 0.6) is 5.75 Å². The molecule has 150 valence electrons. The first-order chi connectivity index (χ1) is 11.6. The standard InChI is InChI=1S/C24H42O2/c1-15(2)18(13-20(17(4)25)23(5,6)7)12-19-14-21(24(8,9)10)22(26)11-16(19)3/h11,14-15,17-18,20,25-26H,12-13H2,1-10H3. The van der Waals surface area contributed by atoms with E-state index in [1.165, 1.54) is 5.56 Å². The maximum absolute atomic E-state index is 10.4. The van der Waals surface area contributed by atoms with Gasteiger partial charge in [0.1, 0.15) is 5.75 Å². The number of phenols is 1. The number of aliphatic hydroxyl groups excluding tert-OH is 1. The van der Waals surface area contributed by atoms with Gasteiger partial charge in [0.15, 0.2) is 0 Å². The minimum Gasteiger partial charge on any atom is -0.508 e. The summed E-state index contributed by atoms with van der Waals surface area (Å²) in [4.78, 5) is 0. The lowest BCUT2D eigenvalue weighted by Gasteiger charge is -2.37. The van der Waals surface area contributed by atoms with Gasteiger partial charge >= 0.3 is 0 Å². The second kappa shape index (κ2) is 8.33. The van der Waals surface area contributed by atoms with E-state index < -0.39 is 0 Å². The summed E-state index contributed by atoms with van der Waals surface area (Å²) in [6.07, 6.45) is 1.71. The highest BCUT2D eigenvalue weighted by Gasteiger charge is 2.32. The van der Waals surface area contributed by atoms with E-state index in [0.717, 1.165) is 24.0 Å². The van der Waals surface area contributed by atoms with Gasteiger partial charge in [0.25, 0.3) is 0 Å². The van der Waals surface area contributed by atoms with E-state index in [1.54, 1.807) is 0 Å². The van der Waals surface area contributed by atoms with Crippen LogP contribution in [0.1, 0.15) is 85.4 Å². The molecule has 0 fully saturated rings. The highest BCUT2D eigenvalue weighted by atomic mass is 16.3. The highest BCUT2D eigenvalue weighted by molar-refractivity contribution is 5.45. The molecule has 2 nitrogen and oxygen atoms in total. The zero-order valence-corrected chi connectivity index (χ0v) is 18.8. The summed E-state index contributed by atoms with van der Waals surface area (Å²) >= 11 is 0. The van der Waals surface area contributed by atoms with Gasteiger partial charge in [0.2, 0.25) is 0 Å². The van der Waals surface area contributed by atoms with Crippen LogP contribution < -0.4 is 0 Å². The van der Waals surface area contributed by atoms with E-state index >= 15 is 0 Å². The van der Waals surface area contributed by atoms with Gasteiger partial charge in [-0.05, 0) is 78.0 Å². The number of hydrogen-bond acceptors (Lipinski definition) is 2. The van der Waals surface area contributed by atoms with Crippen molar-refractivity contribution in [3.05, 3.63) is 28.8 Å². The number of benzene rings is 1. The lowest BCUT2D eigenvalue weighted by molar-refractivity contribution is 0.0337. The lowest BCUT2D eigenvalue weighted by Crippen LogP contribution is -2.33. The van der Waals surface area contributed by atoms with Crippen molar-refractivity contribution in [2.75, 3.05) is 0 Å². The third kappa shape index (κ3) is 6.01. The number of hydrogen-bond donors (Lipinski definition) is 2. The summed E-state index contributed by atoms with van der Waals surface area (Å²) in [5, 5.41) is 20.7. The molecule has 0 saturated heterocycles. The molecular formula is C24H42O2. The van der Waals surface area contributed by atoms with Crippen LogP contribution >= 0.6 is 0 Å². The van der Waals surface area contributed by atoms with Gasteiger partial charge < -0.3 is 10.2 Å². The van der Waals surface area contributed by atoms with Crippen LogP contribution in [0.15, 0.2) is 12.1 Å². The van der Waals surface area contributed by atoms with Crippen LogP contribution in [0.4, 0.5) is 0 Å². The Morgan fingerprint density at radius 2 is 1.50 bits per heavy atom. The Labute approximate surface area is 162 Å². The largest absolute Gasteiger partial charge is 0.508 e. The van der Waals surface area contributed by atoms with Crippen molar-refractivity contribution in [1.29, 1.82) is 0 Å². The summed E-state index contributed by atoms with van der Waals surface area (Å²) in [7, 11) is 0. The third-order valence-corrected chi connectivity index (χ3v) is 5.94. The molecular weight excluding hydrogens is 320 g/mol. The van der Waals surface area contributed by atoms with Crippen molar-refractivity contribution in [2.24, 2.45) is 23.2 Å². The van der Waals surface area contributed by atoms with Crippen LogP contribution in [0.2, 0.25) is 0 Å². The highest BCUT2D eigenvalue weighted by Crippen LogP contribution is 2.39. The first-order valence-electron chi connectivity index (χ1n) is 10.2. The number of rotatable bonds is 6. The minimum atomic E-state index is -0.303. The molecule has 1 rings (SSSR count). The molecule has 1 aromatic carbocycles. The zero-order chi connectivity index (χ0) is 20.4. The minimum absolute atomic E-state index is 0.0760. The number of aliphatic hydroxyl groups is 1. The van der Waals surface area contributed by atoms with Crippen molar-refractivity contribution in [1.82, 2.24) is 0 Å². The third-order valence-electron chi connectivity index (χ3n) is 5.94. The Morgan fingerprint density at radius 3 is 1.88 bits per heavy atom. The Kier molecular flexibility index (Phi) is 7.38. The molecule has 3 atom stereocenters. The molecule has 0 radical (unpaired) electrons. The lowest BCUT2D eigenvalue weighted by atomic mass is 9.70. The fourth-order valence-corrected chi connectivity index (χ4v) is 4.03. The average molecular weight is 363 g/mol. The first kappa shape index (κ1) is 23.0. The average Bonchev–Trinajstić information content (AvgIpc) is 2.41. The Balaban J connectivity index is 3.19. The SMILES string of the molecule is Cc1cc(O)c(C(C)(C)C)cc1CC(CC(C(C)O)C(C)(C)C)C(C)C. The Bertz CT molecular complexity index is 585. The molecule has 1 aromatic rings. The predicted octanol–water partition coefficient (Wildman–Crippen LogP) is 6.25. The number of aryl methyl sites for hydroxylation is 1. The van der Waals surface area contributed by atoms with E-state index in [1.807, 2.05) is 13.0 Å². The molecule has 26 heavy (non-hydrogen) atoms. The van der Waals surface area contributed by atoms with Gasteiger partial charge in [-0.25, -0.2) is 0 Å². The van der Waals surface area contributed by atoms with Gasteiger partial charge in [0, 0.05) is 0 Å². The molecule has 2 heteroatoms. The number of phenolic OH excluding ortho intramolecular Hbond substituents is 1. The molecule has 0 saturated carbocycles. The monoisotopic (exact) mass is 362 g/mol. The van der Waals surface area contributed by atoms with Crippen molar-refractivity contribution >= 4 is 0 Å². The first-order valence-corrected chi connectivity index (χ1v) is 10.2. The maximum Gasteiger partial charge on any atom is 0.119 e. The fourth-order valence-electron chi connectivity index (χ4n) is 4.03. The smallest absolute Gasteiger partial charge is 0.119 e. The van der Waals surface area contributed by atoms with Crippen molar-refractivity contribution < 1.29 is 10.2 Å². The normalized spacial score (nSPS) is 16.6. The molecule has 0 aromatic heterocycles. The van der Waals surface area contributed by atoms with Crippen LogP contribution in [0.3, 0.4) is 0 Å². The summed E-state index contributed by atoms with van der Waals surface area (Å²) in [6.45, 7) is 21.7. The van der Waals surface area contributed by atoms with Crippen LogP contribution in [-0.2, 0) is 11.8 Å². The van der Waals surface area contributed by atoms with Gasteiger partial charge in [-0.1, -0.05) is 61.5 Å². The van der Waals surface area contributed by atoms with Gasteiger partial charge in [-0.15, -0.1) is 0 Å². The summed E-state index contributed by atoms with van der Waals surface area (Å²) in [6, 6.07) is 4.12. The van der Waals surface area contributed by atoms with E-state index in [-0.39, 0.29) is 22.9 Å². The maximum atomic E-state index is 10.4. The molecule has 0 spiro atoms. The van der Waals surface area contributed by atoms with Gasteiger partial charge in [0.05, 0.1) is 6.10 Å². The summed E-state index contributed by atoms with van der Waals surface area (Å²) < 4.78 is 0. The van der Waals surface area contributed by atoms with E-state index in [4.69, 9.17) is 0 Å². The van der Waals surface area contributed by atoms with Crippen LogP contribution in [0.25, 0.3) is 0 Å². The van der Waals surface area contributed by atoms with Crippen molar-refractivity contribution in [3.63, 3.8) is 0 Å². The number of aromatic hydroxyl groups is 1. The predicted molar refractivity (Wildman–Crippen MR) is 113 cm³/mol. The quantitative estimate of drug-likeness (QED) is 0.628. The summed E-state index contributed by atoms with van der Waals surface area (Å²) in [5.74, 6) is 1.72. The summed E-state index contributed by atoms with van der Waals surface area (Å²) in [5.41, 5.74) is 3.51. The second-order valence-corrected chi connectivity index (χ2v) is 10.7. The van der Waals surface area contributed by atoms with Crippen molar-refractivity contribution in [2.45, 2.75) is 93.6 Å². The molecule has 3 unspecified atom stereocenters. The molecule has 0 amide bonds. The molecule has 0 aliphatic heterocycles. The Morgan fingerprint density at radius 1 is 0.962 bits per heavy atom. The molecule has 0 bridgehead atoms. The van der Waals surface area contributed by atoms with E-state index in [2.05, 4.69) is 68.4 Å². The molecule has 0 aliphatic rings. The van der Waals surface area contributed by atoms with E-state index in [0.29, 0.717) is 17.6 Å². The molecule has 0 aliphatic carbocycles. The Hall–Kier alpha value is -1.02. The topological polar surface area (TPSA) is 40.5 Å².